The number of hydrogen-bond donors (Lipinski definition) is 2. The van der Waals surface area contributed by atoms with Crippen LogP contribution in [-0.4, -0.2) is 31.4 Å². The molecule has 1 saturated heterocycles. The Kier molecular flexibility index (Phi) is 4.45. The van der Waals surface area contributed by atoms with Crippen molar-refractivity contribution in [2.45, 2.75) is 25.8 Å². The van der Waals surface area contributed by atoms with E-state index >= 15 is 0 Å². The zero-order valence-electron chi connectivity index (χ0n) is 8.30. The summed E-state index contributed by atoms with van der Waals surface area (Å²) in [5.74, 6) is 0.710. The van der Waals surface area contributed by atoms with Gasteiger partial charge in [0.25, 0.3) is 0 Å². The molecule has 2 unspecified atom stereocenters. The minimum Gasteiger partial charge on any atom is -0.381 e. The maximum Gasteiger partial charge on any atom is 0.166 e. The van der Waals surface area contributed by atoms with Crippen molar-refractivity contribution in [2.75, 3.05) is 20.3 Å². The van der Waals surface area contributed by atoms with Gasteiger partial charge in [-0.2, -0.15) is 0 Å². The molecular formula is C9H18N2OS. The molecule has 2 atom stereocenters. The molecular weight excluding hydrogens is 184 g/mol. The molecule has 2 N–H and O–H groups in total. The van der Waals surface area contributed by atoms with Gasteiger partial charge in [-0.3, -0.25) is 0 Å². The molecule has 13 heavy (non-hydrogen) atoms. The monoisotopic (exact) mass is 202 g/mol. The lowest BCUT2D eigenvalue weighted by Crippen LogP contribution is -2.39. The summed E-state index contributed by atoms with van der Waals surface area (Å²) in [6.07, 6.45) is 2.33. The molecule has 3 nitrogen and oxygen atoms in total. The Morgan fingerprint density at radius 2 is 2.46 bits per heavy atom. The zero-order chi connectivity index (χ0) is 9.68. The van der Waals surface area contributed by atoms with E-state index in [0.29, 0.717) is 12.0 Å². The van der Waals surface area contributed by atoms with E-state index in [4.69, 9.17) is 17.0 Å². The van der Waals surface area contributed by atoms with E-state index in [-0.39, 0.29) is 0 Å². The Bertz CT molecular complexity index is 169. The van der Waals surface area contributed by atoms with E-state index in [1.807, 2.05) is 7.05 Å². The third-order valence-corrected chi connectivity index (χ3v) is 2.64. The quantitative estimate of drug-likeness (QED) is 0.666. The molecule has 76 valence electrons. The lowest BCUT2D eigenvalue weighted by molar-refractivity contribution is 0.182. The summed E-state index contributed by atoms with van der Waals surface area (Å²) in [6, 6.07) is 0.437. The van der Waals surface area contributed by atoms with Gasteiger partial charge in [0.05, 0.1) is 0 Å². The first-order chi connectivity index (χ1) is 6.22. The molecule has 0 saturated carbocycles. The van der Waals surface area contributed by atoms with E-state index in [9.17, 15) is 0 Å². The Balaban J connectivity index is 2.16. The molecule has 0 amide bonds. The number of hydrogen-bond acceptors (Lipinski definition) is 2. The smallest absolute Gasteiger partial charge is 0.166 e. The average molecular weight is 202 g/mol. The van der Waals surface area contributed by atoms with Gasteiger partial charge in [0.2, 0.25) is 0 Å². The highest BCUT2D eigenvalue weighted by molar-refractivity contribution is 7.80. The number of thiocarbonyl (C=S) groups is 1. The van der Waals surface area contributed by atoms with Crippen molar-refractivity contribution in [3.8, 4) is 0 Å². The molecule has 0 aliphatic carbocycles. The van der Waals surface area contributed by atoms with Gasteiger partial charge >= 0.3 is 0 Å². The number of nitrogens with one attached hydrogen (secondary N) is 2. The topological polar surface area (TPSA) is 33.3 Å². The summed E-state index contributed by atoms with van der Waals surface area (Å²) in [5.41, 5.74) is 0. The fourth-order valence-corrected chi connectivity index (χ4v) is 1.83. The maximum atomic E-state index is 5.31. The Morgan fingerprint density at radius 3 is 3.00 bits per heavy atom. The van der Waals surface area contributed by atoms with Gasteiger partial charge in [0.15, 0.2) is 5.11 Å². The largest absolute Gasteiger partial charge is 0.381 e. The first-order valence-electron chi connectivity index (χ1n) is 4.78. The summed E-state index contributed by atoms with van der Waals surface area (Å²) in [6.45, 7) is 3.99. The second-order valence-corrected chi connectivity index (χ2v) is 4.00. The predicted octanol–water partition coefficient (Wildman–Crippen LogP) is 0.895. The van der Waals surface area contributed by atoms with Crippen LogP contribution in [0.5, 0.6) is 0 Å². The van der Waals surface area contributed by atoms with Gasteiger partial charge in [-0.25, -0.2) is 0 Å². The molecule has 1 aliphatic rings. The van der Waals surface area contributed by atoms with Crippen molar-refractivity contribution in [2.24, 2.45) is 5.92 Å². The van der Waals surface area contributed by atoms with Crippen LogP contribution in [0.25, 0.3) is 0 Å². The standard InChI is InChI=1S/C9H18N2OS/c1-7(11-9(13)10-2)5-8-3-4-12-6-8/h7-8H,3-6H2,1-2H3,(H2,10,11,13). The molecule has 0 radical (unpaired) electrons. The van der Waals surface area contributed by atoms with Gasteiger partial charge in [-0.05, 0) is 37.9 Å². The molecule has 1 heterocycles. The van der Waals surface area contributed by atoms with Crippen molar-refractivity contribution in [3.63, 3.8) is 0 Å². The van der Waals surface area contributed by atoms with Gasteiger partial charge in [0.1, 0.15) is 0 Å². The predicted molar refractivity (Wildman–Crippen MR) is 57.8 cm³/mol. The van der Waals surface area contributed by atoms with E-state index in [1.54, 1.807) is 0 Å². The van der Waals surface area contributed by atoms with Crippen LogP contribution in [0.15, 0.2) is 0 Å². The summed E-state index contributed by atoms with van der Waals surface area (Å²) >= 11 is 5.02. The van der Waals surface area contributed by atoms with E-state index < -0.39 is 0 Å². The second-order valence-electron chi connectivity index (χ2n) is 3.59. The molecule has 1 rings (SSSR count). The van der Waals surface area contributed by atoms with Crippen LogP contribution < -0.4 is 10.6 Å². The molecule has 4 heteroatoms. The van der Waals surface area contributed by atoms with Gasteiger partial charge in [0, 0.05) is 26.3 Å². The van der Waals surface area contributed by atoms with Crippen LogP contribution in [0, 0.1) is 5.92 Å². The van der Waals surface area contributed by atoms with Crippen LogP contribution in [0.4, 0.5) is 0 Å². The van der Waals surface area contributed by atoms with E-state index in [2.05, 4.69) is 17.6 Å². The highest BCUT2D eigenvalue weighted by Crippen LogP contribution is 2.17. The minimum atomic E-state index is 0.437. The summed E-state index contributed by atoms with van der Waals surface area (Å²) in [5, 5.41) is 6.86. The van der Waals surface area contributed by atoms with Gasteiger partial charge in [-0.15, -0.1) is 0 Å². The fraction of sp³-hybridized carbons (Fsp3) is 0.889. The Morgan fingerprint density at radius 1 is 1.69 bits per heavy atom. The van der Waals surface area contributed by atoms with Gasteiger partial charge < -0.3 is 15.4 Å². The van der Waals surface area contributed by atoms with Crippen molar-refractivity contribution in [3.05, 3.63) is 0 Å². The molecule has 0 aromatic rings. The van der Waals surface area contributed by atoms with E-state index in [0.717, 1.165) is 24.7 Å². The SMILES string of the molecule is CNC(=S)NC(C)CC1CCOC1. The second kappa shape index (κ2) is 5.40. The zero-order valence-corrected chi connectivity index (χ0v) is 9.12. The molecule has 0 spiro atoms. The normalized spacial score (nSPS) is 24.0. The van der Waals surface area contributed by atoms with Gasteiger partial charge in [-0.1, -0.05) is 0 Å². The molecule has 0 aromatic carbocycles. The number of ether oxygens (including phenoxy) is 1. The summed E-state index contributed by atoms with van der Waals surface area (Å²) in [7, 11) is 1.83. The first kappa shape index (κ1) is 10.7. The van der Waals surface area contributed by atoms with E-state index in [1.165, 1.54) is 6.42 Å². The van der Waals surface area contributed by atoms with Crippen LogP contribution in [0.3, 0.4) is 0 Å². The highest BCUT2D eigenvalue weighted by atomic mass is 32.1. The molecule has 0 bridgehead atoms. The number of rotatable bonds is 3. The van der Waals surface area contributed by atoms with Crippen LogP contribution >= 0.6 is 12.2 Å². The third kappa shape index (κ3) is 3.91. The van der Waals surface area contributed by atoms with Crippen LogP contribution in [-0.2, 0) is 4.74 Å². The lowest BCUT2D eigenvalue weighted by atomic mass is 10.0. The lowest BCUT2D eigenvalue weighted by Gasteiger charge is -2.18. The average Bonchev–Trinajstić information content (AvgIpc) is 2.56. The molecule has 1 fully saturated rings. The van der Waals surface area contributed by atoms with Crippen molar-refractivity contribution >= 4 is 17.3 Å². The van der Waals surface area contributed by atoms with Crippen LogP contribution in [0.2, 0.25) is 0 Å². The summed E-state index contributed by atoms with van der Waals surface area (Å²) < 4.78 is 5.31. The van der Waals surface area contributed by atoms with Crippen molar-refractivity contribution in [1.29, 1.82) is 0 Å². The minimum absolute atomic E-state index is 0.437. The van der Waals surface area contributed by atoms with Crippen LogP contribution in [0.1, 0.15) is 19.8 Å². The Hall–Kier alpha value is -0.350. The highest BCUT2D eigenvalue weighted by Gasteiger charge is 2.18. The molecule has 1 aliphatic heterocycles. The first-order valence-corrected chi connectivity index (χ1v) is 5.19. The summed E-state index contributed by atoms with van der Waals surface area (Å²) in [4.78, 5) is 0. The van der Waals surface area contributed by atoms with Crippen molar-refractivity contribution in [1.82, 2.24) is 10.6 Å². The fourth-order valence-electron chi connectivity index (χ4n) is 1.62. The van der Waals surface area contributed by atoms with Crippen molar-refractivity contribution < 1.29 is 4.74 Å². The third-order valence-electron chi connectivity index (χ3n) is 2.32. The maximum absolute atomic E-state index is 5.31. The molecule has 0 aromatic heterocycles. The Labute approximate surface area is 85.2 Å².